The molecule has 21 heavy (non-hydrogen) atoms. The molecule has 0 aliphatic carbocycles. The Kier molecular flexibility index (Phi) is 6.44. The van der Waals surface area contributed by atoms with Gasteiger partial charge in [-0.05, 0) is 6.07 Å². The van der Waals surface area contributed by atoms with Gasteiger partial charge in [-0.1, -0.05) is 18.2 Å². The highest BCUT2D eigenvalue weighted by atomic mass is 16.3. The number of nitriles is 3. The van der Waals surface area contributed by atoms with Crippen LogP contribution in [0.5, 0.6) is 0 Å². The van der Waals surface area contributed by atoms with E-state index in [1.54, 1.807) is 41.3 Å². The molecule has 1 aromatic carbocycles. The molecule has 106 valence electrons. The molecule has 0 unspecified atom stereocenters. The second-order valence-electron chi connectivity index (χ2n) is 4.04. The first-order valence-electron chi connectivity index (χ1n) is 6.24. The van der Waals surface area contributed by atoms with Crippen molar-refractivity contribution >= 4 is 11.3 Å². The second kappa shape index (κ2) is 8.35. The van der Waals surface area contributed by atoms with Gasteiger partial charge in [0, 0.05) is 24.3 Å². The number of para-hydroxylation sites is 1. The smallest absolute Gasteiger partial charge is 0.148 e. The topological polar surface area (TPSA) is 115 Å². The summed E-state index contributed by atoms with van der Waals surface area (Å²) in [5.74, 6) is 0. The van der Waals surface area contributed by atoms with Crippen LogP contribution >= 0.6 is 0 Å². The van der Waals surface area contributed by atoms with E-state index in [1.165, 1.54) is 0 Å². The standard InChI is InChI=1S/C15H14N4O2/c16-9-12(10-17)14(11-18)13-3-1-2-4-15(13)19(5-7-20)6-8-21/h1-4,20-21H,5-8H2. The lowest BCUT2D eigenvalue weighted by Gasteiger charge is -2.25. The first-order valence-corrected chi connectivity index (χ1v) is 6.24. The molecular weight excluding hydrogens is 268 g/mol. The quantitative estimate of drug-likeness (QED) is 0.746. The third-order valence-corrected chi connectivity index (χ3v) is 2.84. The average molecular weight is 282 g/mol. The molecule has 0 saturated carbocycles. The SMILES string of the molecule is N#CC(C#N)=C(C#N)c1ccccc1N(CCO)CCO. The highest BCUT2D eigenvalue weighted by molar-refractivity contribution is 5.89. The summed E-state index contributed by atoms with van der Waals surface area (Å²) in [5.41, 5.74) is 0.731. The summed E-state index contributed by atoms with van der Waals surface area (Å²) in [6, 6.07) is 12.1. The van der Waals surface area contributed by atoms with Gasteiger partial charge in [0.2, 0.25) is 0 Å². The predicted molar refractivity (Wildman–Crippen MR) is 76.6 cm³/mol. The van der Waals surface area contributed by atoms with E-state index in [-0.39, 0.29) is 37.4 Å². The maximum absolute atomic E-state index is 9.25. The molecule has 6 heteroatoms. The molecule has 0 spiro atoms. The number of aliphatic hydroxyl groups is 2. The van der Waals surface area contributed by atoms with Crippen molar-refractivity contribution in [2.75, 3.05) is 31.2 Å². The summed E-state index contributed by atoms with van der Waals surface area (Å²) in [7, 11) is 0. The molecule has 0 bridgehead atoms. The van der Waals surface area contributed by atoms with Crippen molar-refractivity contribution in [1.82, 2.24) is 0 Å². The molecule has 0 fully saturated rings. The number of rotatable bonds is 6. The summed E-state index contributed by atoms with van der Waals surface area (Å²) in [6.07, 6.45) is 0. The fraction of sp³-hybridized carbons (Fsp3) is 0.267. The lowest BCUT2D eigenvalue weighted by atomic mass is 9.99. The summed E-state index contributed by atoms with van der Waals surface area (Å²) in [4.78, 5) is 1.69. The first kappa shape index (κ1) is 16.2. The number of nitrogens with zero attached hydrogens (tertiary/aromatic N) is 4. The van der Waals surface area contributed by atoms with Crippen LogP contribution in [0.3, 0.4) is 0 Å². The van der Waals surface area contributed by atoms with Crippen molar-refractivity contribution < 1.29 is 10.2 Å². The van der Waals surface area contributed by atoms with Crippen LogP contribution in [0, 0.1) is 34.0 Å². The molecule has 0 heterocycles. The van der Waals surface area contributed by atoms with Crippen molar-refractivity contribution in [2.24, 2.45) is 0 Å². The van der Waals surface area contributed by atoms with E-state index >= 15 is 0 Å². The first-order chi connectivity index (χ1) is 10.2. The zero-order valence-corrected chi connectivity index (χ0v) is 11.3. The van der Waals surface area contributed by atoms with Crippen LogP contribution in [0.2, 0.25) is 0 Å². The van der Waals surface area contributed by atoms with Crippen molar-refractivity contribution in [3.8, 4) is 18.2 Å². The molecule has 0 aromatic heterocycles. The lowest BCUT2D eigenvalue weighted by Crippen LogP contribution is -2.30. The Bertz CT molecular complexity index is 625. The van der Waals surface area contributed by atoms with E-state index in [0.717, 1.165) is 0 Å². The van der Waals surface area contributed by atoms with Crippen LogP contribution in [0.25, 0.3) is 5.57 Å². The molecule has 0 aliphatic rings. The van der Waals surface area contributed by atoms with Crippen LogP contribution in [0.1, 0.15) is 5.56 Å². The number of aliphatic hydroxyl groups excluding tert-OH is 2. The third kappa shape index (κ3) is 3.81. The maximum Gasteiger partial charge on any atom is 0.148 e. The fourth-order valence-corrected chi connectivity index (χ4v) is 1.94. The number of hydrogen-bond acceptors (Lipinski definition) is 6. The molecule has 0 atom stereocenters. The summed E-state index contributed by atoms with van der Waals surface area (Å²) in [6.45, 7) is 0.294. The monoisotopic (exact) mass is 282 g/mol. The Balaban J connectivity index is 3.46. The Hall–Kier alpha value is -2.85. The predicted octanol–water partition coefficient (Wildman–Crippen LogP) is 0.802. The zero-order chi connectivity index (χ0) is 15.7. The van der Waals surface area contributed by atoms with E-state index in [9.17, 15) is 5.26 Å². The van der Waals surface area contributed by atoms with Gasteiger partial charge in [-0.2, -0.15) is 15.8 Å². The molecule has 6 nitrogen and oxygen atoms in total. The maximum atomic E-state index is 9.25. The van der Waals surface area contributed by atoms with Crippen LogP contribution < -0.4 is 4.90 Å². The molecule has 0 aliphatic heterocycles. The molecule has 0 saturated heterocycles. The minimum atomic E-state index is -0.266. The third-order valence-electron chi connectivity index (χ3n) is 2.84. The van der Waals surface area contributed by atoms with Gasteiger partial charge in [-0.15, -0.1) is 0 Å². The van der Waals surface area contributed by atoms with Gasteiger partial charge in [0.25, 0.3) is 0 Å². The van der Waals surface area contributed by atoms with Gasteiger partial charge < -0.3 is 15.1 Å². The van der Waals surface area contributed by atoms with Crippen molar-refractivity contribution in [3.05, 3.63) is 35.4 Å². The van der Waals surface area contributed by atoms with Gasteiger partial charge in [-0.25, -0.2) is 0 Å². The van der Waals surface area contributed by atoms with E-state index < -0.39 is 0 Å². The highest BCUT2D eigenvalue weighted by Gasteiger charge is 2.16. The number of benzene rings is 1. The van der Waals surface area contributed by atoms with Gasteiger partial charge in [0.05, 0.1) is 18.8 Å². The van der Waals surface area contributed by atoms with Crippen LogP contribution in [-0.4, -0.2) is 36.5 Å². The normalized spacial score (nSPS) is 9.10. The molecule has 1 rings (SSSR count). The minimum Gasteiger partial charge on any atom is -0.395 e. The molecule has 0 amide bonds. The molecule has 1 aromatic rings. The van der Waals surface area contributed by atoms with Crippen LogP contribution in [-0.2, 0) is 0 Å². The van der Waals surface area contributed by atoms with Gasteiger partial charge in [0.1, 0.15) is 23.8 Å². The van der Waals surface area contributed by atoms with Gasteiger partial charge in [0.15, 0.2) is 0 Å². The van der Waals surface area contributed by atoms with Crippen molar-refractivity contribution in [3.63, 3.8) is 0 Å². The Morgan fingerprint density at radius 3 is 2.00 bits per heavy atom. The highest BCUT2D eigenvalue weighted by Crippen LogP contribution is 2.28. The zero-order valence-electron chi connectivity index (χ0n) is 11.3. The van der Waals surface area contributed by atoms with E-state index in [1.807, 2.05) is 6.07 Å². The summed E-state index contributed by atoms with van der Waals surface area (Å²) < 4.78 is 0. The average Bonchev–Trinajstić information content (AvgIpc) is 2.52. The fourth-order valence-electron chi connectivity index (χ4n) is 1.94. The summed E-state index contributed by atoms with van der Waals surface area (Å²) >= 11 is 0. The second-order valence-corrected chi connectivity index (χ2v) is 4.04. The lowest BCUT2D eigenvalue weighted by molar-refractivity contribution is 0.281. The Morgan fingerprint density at radius 2 is 1.52 bits per heavy atom. The Labute approximate surface area is 123 Å². The molecule has 0 radical (unpaired) electrons. The van der Waals surface area contributed by atoms with E-state index in [4.69, 9.17) is 20.7 Å². The number of allylic oxidation sites excluding steroid dienone is 2. The van der Waals surface area contributed by atoms with Gasteiger partial charge >= 0.3 is 0 Å². The van der Waals surface area contributed by atoms with E-state index in [0.29, 0.717) is 11.3 Å². The molecule has 2 N–H and O–H groups in total. The number of anilines is 1. The van der Waals surface area contributed by atoms with Crippen molar-refractivity contribution in [2.45, 2.75) is 0 Å². The van der Waals surface area contributed by atoms with Crippen LogP contribution in [0.4, 0.5) is 5.69 Å². The number of hydrogen-bond donors (Lipinski definition) is 2. The molecular formula is C15H14N4O2. The van der Waals surface area contributed by atoms with Gasteiger partial charge in [-0.3, -0.25) is 0 Å². The van der Waals surface area contributed by atoms with Crippen molar-refractivity contribution in [1.29, 1.82) is 15.8 Å². The largest absolute Gasteiger partial charge is 0.395 e. The Morgan fingerprint density at radius 1 is 0.952 bits per heavy atom. The minimum absolute atomic E-state index is 0.0171. The van der Waals surface area contributed by atoms with Crippen LogP contribution in [0.15, 0.2) is 29.8 Å². The summed E-state index contributed by atoms with van der Waals surface area (Å²) in [5, 5.41) is 45.4. The van der Waals surface area contributed by atoms with E-state index in [2.05, 4.69) is 0 Å².